The molecule has 0 spiro atoms. The van der Waals surface area contributed by atoms with E-state index in [1.807, 2.05) is 13.0 Å². The largest absolute Gasteiger partial charge is 0.424 e. The third-order valence-corrected chi connectivity index (χ3v) is 4.09. The molecule has 0 bridgehead atoms. The maximum absolute atomic E-state index is 6.29. The molecular formula is C16H13ClN6O. The molecule has 24 heavy (non-hydrogen) atoms. The highest BCUT2D eigenvalue weighted by Gasteiger charge is 2.15. The number of hydrogen-bond donors (Lipinski definition) is 2. The molecule has 4 aromatic rings. The number of ether oxygens (including phenoxy) is 1. The van der Waals surface area contributed by atoms with E-state index >= 15 is 0 Å². The second-order valence-corrected chi connectivity index (χ2v) is 5.57. The minimum Gasteiger partial charge on any atom is -0.424 e. The Morgan fingerprint density at radius 2 is 1.96 bits per heavy atom. The van der Waals surface area contributed by atoms with Gasteiger partial charge in [-0.05, 0) is 18.6 Å². The van der Waals surface area contributed by atoms with E-state index in [4.69, 9.17) is 22.1 Å². The molecule has 0 amide bonds. The van der Waals surface area contributed by atoms with Gasteiger partial charge in [0.05, 0.1) is 21.4 Å². The van der Waals surface area contributed by atoms with Crippen LogP contribution in [0.4, 0.5) is 5.82 Å². The number of nitrogens with one attached hydrogen (secondary N) is 1. The van der Waals surface area contributed by atoms with Crippen LogP contribution in [0.5, 0.6) is 11.8 Å². The Balaban J connectivity index is 1.75. The van der Waals surface area contributed by atoms with Crippen molar-refractivity contribution < 1.29 is 4.74 Å². The first-order chi connectivity index (χ1) is 11.7. The van der Waals surface area contributed by atoms with Crippen LogP contribution in [0.1, 0.15) is 12.6 Å². The van der Waals surface area contributed by atoms with Crippen LogP contribution in [0.25, 0.3) is 22.1 Å². The van der Waals surface area contributed by atoms with Crippen LogP contribution in [0.3, 0.4) is 0 Å². The van der Waals surface area contributed by atoms with Gasteiger partial charge in [0.2, 0.25) is 0 Å². The smallest absolute Gasteiger partial charge is 0.325 e. The SMILES string of the molecule is CCc1[nH]c2nc(Oc3ccc4nccnc4c3)nc(N)c2c1Cl. The molecule has 0 radical (unpaired) electrons. The second kappa shape index (κ2) is 5.61. The number of hydrogen-bond acceptors (Lipinski definition) is 6. The minimum atomic E-state index is 0.142. The number of halogens is 1. The van der Waals surface area contributed by atoms with Crippen molar-refractivity contribution in [2.75, 3.05) is 5.73 Å². The number of anilines is 1. The van der Waals surface area contributed by atoms with Gasteiger partial charge in [-0.25, -0.2) is 0 Å². The number of fused-ring (bicyclic) bond motifs is 2. The molecule has 0 saturated carbocycles. The molecule has 0 unspecified atom stereocenters. The van der Waals surface area contributed by atoms with Gasteiger partial charge in [0.1, 0.15) is 17.2 Å². The van der Waals surface area contributed by atoms with Crippen LogP contribution in [0.2, 0.25) is 5.02 Å². The van der Waals surface area contributed by atoms with Gasteiger partial charge in [-0.3, -0.25) is 9.97 Å². The molecular weight excluding hydrogens is 328 g/mol. The van der Waals surface area contributed by atoms with Crippen molar-refractivity contribution in [2.24, 2.45) is 0 Å². The zero-order valence-electron chi connectivity index (χ0n) is 12.7. The van der Waals surface area contributed by atoms with E-state index in [2.05, 4.69) is 24.9 Å². The highest BCUT2D eigenvalue weighted by Crippen LogP contribution is 2.32. The maximum Gasteiger partial charge on any atom is 0.325 e. The molecule has 4 rings (SSSR count). The lowest BCUT2D eigenvalue weighted by atomic mass is 10.3. The van der Waals surface area contributed by atoms with Crippen LogP contribution < -0.4 is 10.5 Å². The Hall–Kier alpha value is -2.93. The summed E-state index contributed by atoms with van der Waals surface area (Å²) in [5.41, 5.74) is 8.94. The van der Waals surface area contributed by atoms with E-state index in [1.165, 1.54) is 0 Å². The summed E-state index contributed by atoms with van der Waals surface area (Å²) >= 11 is 6.29. The molecule has 3 N–H and O–H groups in total. The summed E-state index contributed by atoms with van der Waals surface area (Å²) in [6, 6.07) is 5.51. The molecule has 0 aliphatic heterocycles. The molecule has 0 saturated heterocycles. The molecule has 0 aliphatic carbocycles. The standard InChI is InChI=1S/C16H13ClN6O/c1-2-9-13(17)12-14(18)22-16(23-15(12)21-9)24-8-3-4-10-11(7-8)20-6-5-19-10/h3-7H,2H2,1H3,(H3,18,21,22,23). The van der Waals surface area contributed by atoms with Crippen molar-refractivity contribution >= 4 is 39.5 Å². The number of nitrogens with zero attached hydrogens (tertiary/aromatic N) is 4. The van der Waals surface area contributed by atoms with E-state index in [9.17, 15) is 0 Å². The third kappa shape index (κ3) is 2.39. The average molecular weight is 341 g/mol. The lowest BCUT2D eigenvalue weighted by molar-refractivity contribution is 0.445. The predicted octanol–water partition coefficient (Wildman–Crippen LogP) is 3.49. The number of benzene rings is 1. The molecule has 1 aromatic carbocycles. The normalized spacial score (nSPS) is 11.2. The van der Waals surface area contributed by atoms with Crippen molar-refractivity contribution in [3.8, 4) is 11.8 Å². The summed E-state index contributed by atoms with van der Waals surface area (Å²) < 4.78 is 5.73. The lowest BCUT2D eigenvalue weighted by Crippen LogP contribution is -1.98. The Morgan fingerprint density at radius 3 is 2.75 bits per heavy atom. The third-order valence-electron chi connectivity index (χ3n) is 3.67. The number of nitrogen functional groups attached to an aromatic ring is 1. The minimum absolute atomic E-state index is 0.142. The van der Waals surface area contributed by atoms with Crippen LogP contribution in [-0.4, -0.2) is 24.9 Å². The fraction of sp³-hybridized carbons (Fsp3) is 0.125. The van der Waals surface area contributed by atoms with Crippen molar-refractivity contribution in [3.05, 3.63) is 41.3 Å². The Kier molecular flexibility index (Phi) is 3.42. The Morgan fingerprint density at radius 1 is 1.17 bits per heavy atom. The molecule has 7 nitrogen and oxygen atoms in total. The summed E-state index contributed by atoms with van der Waals surface area (Å²) in [5, 5.41) is 1.17. The second-order valence-electron chi connectivity index (χ2n) is 5.20. The van der Waals surface area contributed by atoms with Gasteiger partial charge in [-0.15, -0.1) is 0 Å². The molecule has 120 valence electrons. The predicted molar refractivity (Wildman–Crippen MR) is 92.3 cm³/mol. The monoisotopic (exact) mass is 340 g/mol. The number of rotatable bonds is 3. The first-order valence-electron chi connectivity index (χ1n) is 7.38. The lowest BCUT2D eigenvalue weighted by Gasteiger charge is -2.05. The van der Waals surface area contributed by atoms with Gasteiger partial charge in [-0.1, -0.05) is 18.5 Å². The summed E-state index contributed by atoms with van der Waals surface area (Å²) in [6.45, 7) is 1.99. The fourth-order valence-corrected chi connectivity index (χ4v) is 2.88. The van der Waals surface area contributed by atoms with Crippen molar-refractivity contribution in [2.45, 2.75) is 13.3 Å². The first-order valence-corrected chi connectivity index (χ1v) is 7.75. The summed E-state index contributed by atoms with van der Waals surface area (Å²) in [5.74, 6) is 0.826. The van der Waals surface area contributed by atoms with Gasteiger partial charge in [0, 0.05) is 24.2 Å². The van der Waals surface area contributed by atoms with E-state index in [0.29, 0.717) is 21.8 Å². The van der Waals surface area contributed by atoms with E-state index in [1.54, 1.807) is 24.5 Å². The van der Waals surface area contributed by atoms with Gasteiger partial charge in [0.25, 0.3) is 0 Å². The maximum atomic E-state index is 6.29. The highest BCUT2D eigenvalue weighted by molar-refractivity contribution is 6.37. The van der Waals surface area contributed by atoms with Crippen LogP contribution in [0.15, 0.2) is 30.6 Å². The molecule has 0 atom stereocenters. The highest BCUT2D eigenvalue weighted by atomic mass is 35.5. The molecule has 0 aliphatic rings. The first kappa shape index (κ1) is 14.6. The van der Waals surface area contributed by atoms with Crippen molar-refractivity contribution in [3.63, 3.8) is 0 Å². The number of aryl methyl sites for hydroxylation is 1. The van der Waals surface area contributed by atoms with Gasteiger partial charge < -0.3 is 15.5 Å². The summed E-state index contributed by atoms with van der Waals surface area (Å²) in [6.07, 6.45) is 4.01. The van der Waals surface area contributed by atoms with Crippen LogP contribution in [0, 0.1) is 0 Å². The Labute approximate surface area is 141 Å². The number of aromatic amines is 1. The zero-order valence-corrected chi connectivity index (χ0v) is 13.5. The molecule has 3 aromatic heterocycles. The van der Waals surface area contributed by atoms with Gasteiger partial charge in [0.15, 0.2) is 0 Å². The fourth-order valence-electron chi connectivity index (χ4n) is 2.51. The van der Waals surface area contributed by atoms with E-state index in [-0.39, 0.29) is 11.8 Å². The zero-order chi connectivity index (χ0) is 16.7. The average Bonchev–Trinajstić information content (AvgIpc) is 2.91. The van der Waals surface area contributed by atoms with E-state index < -0.39 is 0 Å². The van der Waals surface area contributed by atoms with E-state index in [0.717, 1.165) is 23.1 Å². The summed E-state index contributed by atoms with van der Waals surface area (Å²) in [4.78, 5) is 20.1. The topological polar surface area (TPSA) is 103 Å². The van der Waals surface area contributed by atoms with Crippen molar-refractivity contribution in [1.29, 1.82) is 0 Å². The van der Waals surface area contributed by atoms with Gasteiger partial charge in [-0.2, -0.15) is 9.97 Å². The van der Waals surface area contributed by atoms with Gasteiger partial charge >= 0.3 is 6.01 Å². The van der Waals surface area contributed by atoms with Crippen LogP contribution in [-0.2, 0) is 6.42 Å². The molecule has 8 heteroatoms. The number of nitrogens with two attached hydrogens (primary N) is 1. The van der Waals surface area contributed by atoms with Crippen molar-refractivity contribution in [1.82, 2.24) is 24.9 Å². The molecule has 3 heterocycles. The molecule has 0 fully saturated rings. The quantitative estimate of drug-likeness (QED) is 0.591. The Bertz CT molecular complexity index is 1060. The summed E-state index contributed by atoms with van der Waals surface area (Å²) in [7, 11) is 0. The van der Waals surface area contributed by atoms with Crippen LogP contribution >= 0.6 is 11.6 Å². The number of aromatic nitrogens is 5. The number of H-pyrrole nitrogens is 1.